The highest BCUT2D eigenvalue weighted by atomic mass is 32.2. The predicted molar refractivity (Wildman–Crippen MR) is 118 cm³/mol. The molecule has 1 aliphatic heterocycles. The number of rotatable bonds is 8. The van der Waals surface area contributed by atoms with Gasteiger partial charge in [0.15, 0.2) is 9.84 Å². The number of nitrogens with zero attached hydrogens (tertiary/aromatic N) is 1. The van der Waals surface area contributed by atoms with Crippen LogP contribution in [0.3, 0.4) is 0 Å². The molecular weight excluding hydrogens is 382 g/mol. The molecule has 2 aliphatic rings. The standard InChI is InChI=1S/C24H37NO3S/c1-3-5-6-20-11-13-22(14-12-20)24(26)25(23-15-16-29(27,28)18-23)17-21-9-7-19(4-2)8-10-21/h7-10,20,22-23H,3-6,11-18H2,1-2H3/t20?,22?,23-/m1/s1. The van der Waals surface area contributed by atoms with Gasteiger partial charge in [-0.1, -0.05) is 57.4 Å². The second-order valence-corrected chi connectivity index (χ2v) is 11.3. The first-order valence-corrected chi connectivity index (χ1v) is 13.3. The van der Waals surface area contributed by atoms with E-state index in [0.717, 1.165) is 43.6 Å². The molecular formula is C24H37NO3S. The molecule has 1 saturated carbocycles. The topological polar surface area (TPSA) is 54.5 Å². The summed E-state index contributed by atoms with van der Waals surface area (Å²) in [5.41, 5.74) is 2.37. The molecule has 1 aliphatic carbocycles. The van der Waals surface area contributed by atoms with Crippen LogP contribution >= 0.6 is 0 Å². The Morgan fingerprint density at radius 1 is 1.00 bits per heavy atom. The van der Waals surface area contributed by atoms with Gasteiger partial charge in [-0.05, 0) is 55.6 Å². The van der Waals surface area contributed by atoms with Gasteiger partial charge in [0.2, 0.25) is 5.91 Å². The number of sulfone groups is 1. The van der Waals surface area contributed by atoms with Gasteiger partial charge in [0, 0.05) is 18.5 Å². The predicted octanol–water partition coefficient (Wildman–Crippen LogP) is 4.76. The van der Waals surface area contributed by atoms with Gasteiger partial charge in [-0.2, -0.15) is 0 Å². The number of aryl methyl sites for hydroxylation is 1. The molecule has 0 spiro atoms. The van der Waals surface area contributed by atoms with Crippen molar-refractivity contribution in [3.05, 3.63) is 35.4 Å². The van der Waals surface area contributed by atoms with E-state index in [2.05, 4.69) is 38.1 Å². The van der Waals surface area contributed by atoms with Crippen molar-refractivity contribution in [1.82, 2.24) is 4.90 Å². The van der Waals surface area contributed by atoms with Gasteiger partial charge in [0.1, 0.15) is 0 Å². The average molecular weight is 420 g/mol. The highest BCUT2D eigenvalue weighted by Crippen LogP contribution is 2.34. The van der Waals surface area contributed by atoms with Crippen LogP contribution in [-0.4, -0.2) is 36.8 Å². The van der Waals surface area contributed by atoms with Gasteiger partial charge in [-0.25, -0.2) is 8.42 Å². The molecule has 1 saturated heterocycles. The maximum absolute atomic E-state index is 13.5. The van der Waals surface area contributed by atoms with Crippen LogP contribution in [0, 0.1) is 11.8 Å². The van der Waals surface area contributed by atoms with E-state index < -0.39 is 9.84 Å². The van der Waals surface area contributed by atoms with Crippen LogP contribution in [0.15, 0.2) is 24.3 Å². The van der Waals surface area contributed by atoms with Crippen LogP contribution in [-0.2, 0) is 27.6 Å². The lowest BCUT2D eigenvalue weighted by atomic mass is 9.79. The van der Waals surface area contributed by atoms with E-state index in [1.807, 2.05) is 4.90 Å². The van der Waals surface area contributed by atoms with E-state index in [4.69, 9.17) is 0 Å². The fraction of sp³-hybridized carbons (Fsp3) is 0.708. The fourth-order valence-corrected chi connectivity index (χ4v) is 6.64. The van der Waals surface area contributed by atoms with Crippen molar-refractivity contribution < 1.29 is 13.2 Å². The van der Waals surface area contributed by atoms with E-state index in [1.54, 1.807) is 0 Å². The van der Waals surface area contributed by atoms with Gasteiger partial charge < -0.3 is 4.90 Å². The second kappa shape index (κ2) is 10.1. The molecule has 0 unspecified atom stereocenters. The van der Waals surface area contributed by atoms with E-state index in [-0.39, 0.29) is 29.4 Å². The number of carbonyl (C=O) groups is 1. The molecule has 1 heterocycles. The first-order chi connectivity index (χ1) is 13.9. The third-order valence-electron chi connectivity index (χ3n) is 6.88. The Bertz CT molecular complexity index is 764. The Morgan fingerprint density at radius 3 is 2.21 bits per heavy atom. The zero-order chi connectivity index (χ0) is 20.9. The number of hydrogen-bond acceptors (Lipinski definition) is 3. The lowest BCUT2D eigenvalue weighted by Gasteiger charge is -2.35. The number of hydrogen-bond donors (Lipinski definition) is 0. The van der Waals surface area contributed by atoms with Crippen LogP contribution in [0.4, 0.5) is 0 Å². The third-order valence-corrected chi connectivity index (χ3v) is 8.63. The molecule has 0 aromatic heterocycles. The van der Waals surface area contributed by atoms with Gasteiger partial charge in [-0.3, -0.25) is 4.79 Å². The molecule has 1 atom stereocenters. The summed E-state index contributed by atoms with van der Waals surface area (Å²) in [5, 5.41) is 0. The van der Waals surface area contributed by atoms with E-state index in [9.17, 15) is 13.2 Å². The molecule has 1 aromatic carbocycles. The monoisotopic (exact) mass is 419 g/mol. The highest BCUT2D eigenvalue weighted by Gasteiger charge is 2.38. The Hall–Kier alpha value is -1.36. The van der Waals surface area contributed by atoms with Crippen LogP contribution in [0.1, 0.15) is 76.3 Å². The van der Waals surface area contributed by atoms with Crippen LogP contribution in [0.25, 0.3) is 0 Å². The van der Waals surface area contributed by atoms with Crippen molar-refractivity contribution in [3.63, 3.8) is 0 Å². The SMILES string of the molecule is CCCCC1CCC(C(=O)N(Cc2ccc(CC)cc2)[C@@H]2CCS(=O)(=O)C2)CC1. The smallest absolute Gasteiger partial charge is 0.226 e. The molecule has 0 bridgehead atoms. The fourth-order valence-electron chi connectivity index (χ4n) is 4.91. The van der Waals surface area contributed by atoms with Gasteiger partial charge in [0.25, 0.3) is 0 Å². The van der Waals surface area contributed by atoms with Gasteiger partial charge >= 0.3 is 0 Å². The number of amides is 1. The maximum atomic E-state index is 13.5. The summed E-state index contributed by atoms with van der Waals surface area (Å²) in [6.07, 6.45) is 9.55. The zero-order valence-corrected chi connectivity index (χ0v) is 18.9. The van der Waals surface area contributed by atoms with E-state index >= 15 is 0 Å². The van der Waals surface area contributed by atoms with Crippen LogP contribution in [0.5, 0.6) is 0 Å². The number of benzene rings is 1. The second-order valence-electron chi connectivity index (χ2n) is 9.05. The minimum absolute atomic E-state index is 0.0612. The van der Waals surface area contributed by atoms with Crippen molar-refractivity contribution in [1.29, 1.82) is 0 Å². The molecule has 3 rings (SSSR count). The Morgan fingerprint density at radius 2 is 1.66 bits per heavy atom. The molecule has 0 radical (unpaired) electrons. The minimum atomic E-state index is -3.02. The van der Waals surface area contributed by atoms with Crippen molar-refractivity contribution >= 4 is 15.7 Å². The van der Waals surface area contributed by atoms with Crippen molar-refractivity contribution in [3.8, 4) is 0 Å². The number of unbranched alkanes of at least 4 members (excludes halogenated alkanes) is 1. The van der Waals surface area contributed by atoms with E-state index in [1.165, 1.54) is 24.8 Å². The summed E-state index contributed by atoms with van der Waals surface area (Å²) in [6.45, 7) is 4.89. The van der Waals surface area contributed by atoms with Crippen LogP contribution < -0.4 is 0 Å². The van der Waals surface area contributed by atoms with Crippen molar-refractivity contribution in [2.75, 3.05) is 11.5 Å². The largest absolute Gasteiger partial charge is 0.334 e. The molecule has 5 heteroatoms. The van der Waals surface area contributed by atoms with Crippen LogP contribution in [0.2, 0.25) is 0 Å². The first kappa shape index (κ1) is 22.3. The summed E-state index contributed by atoms with van der Waals surface area (Å²) in [4.78, 5) is 15.4. The van der Waals surface area contributed by atoms with Crippen molar-refractivity contribution in [2.45, 2.75) is 84.2 Å². The summed E-state index contributed by atoms with van der Waals surface area (Å²) >= 11 is 0. The minimum Gasteiger partial charge on any atom is -0.334 e. The quantitative estimate of drug-likeness (QED) is 0.610. The van der Waals surface area contributed by atoms with Crippen molar-refractivity contribution in [2.24, 2.45) is 11.8 Å². The highest BCUT2D eigenvalue weighted by molar-refractivity contribution is 7.91. The zero-order valence-electron chi connectivity index (χ0n) is 18.1. The lowest BCUT2D eigenvalue weighted by molar-refractivity contribution is -0.139. The first-order valence-electron chi connectivity index (χ1n) is 11.5. The molecule has 1 amide bonds. The summed E-state index contributed by atoms with van der Waals surface area (Å²) < 4.78 is 24.2. The molecule has 29 heavy (non-hydrogen) atoms. The molecule has 162 valence electrons. The normalized spacial score (nSPS) is 26.3. The summed E-state index contributed by atoms with van der Waals surface area (Å²) in [7, 11) is -3.02. The molecule has 4 nitrogen and oxygen atoms in total. The molecule has 2 fully saturated rings. The van der Waals surface area contributed by atoms with E-state index in [0.29, 0.717) is 13.0 Å². The Kier molecular flexibility index (Phi) is 7.78. The Labute approximate surface area is 177 Å². The van der Waals surface area contributed by atoms with Gasteiger partial charge in [0.05, 0.1) is 11.5 Å². The third kappa shape index (κ3) is 6.07. The Balaban J connectivity index is 1.69. The summed E-state index contributed by atoms with van der Waals surface area (Å²) in [5.74, 6) is 1.34. The van der Waals surface area contributed by atoms with Gasteiger partial charge in [-0.15, -0.1) is 0 Å². The maximum Gasteiger partial charge on any atom is 0.226 e. The lowest BCUT2D eigenvalue weighted by Crippen LogP contribution is -2.44. The molecule has 0 N–H and O–H groups in total. The molecule has 1 aromatic rings. The summed E-state index contributed by atoms with van der Waals surface area (Å²) in [6, 6.07) is 8.23. The number of carbonyl (C=O) groups excluding carboxylic acids is 1. The average Bonchev–Trinajstić information content (AvgIpc) is 3.10.